The molecule has 1 fully saturated rings. The second-order valence-corrected chi connectivity index (χ2v) is 5.08. The normalized spacial score (nSPS) is 17.2. The van der Waals surface area contributed by atoms with E-state index in [0.717, 1.165) is 44.8 Å². The lowest BCUT2D eigenvalue weighted by molar-refractivity contribution is -0.384. The number of nitro benzene ring substituents is 1. The molecule has 1 saturated heterocycles. The first kappa shape index (κ1) is 14.9. The maximum atomic E-state index is 12.1. The van der Waals surface area contributed by atoms with Crippen LogP contribution >= 0.6 is 0 Å². The van der Waals surface area contributed by atoms with E-state index < -0.39 is 0 Å². The Morgan fingerprint density at radius 1 is 1.10 bits per heavy atom. The van der Waals surface area contributed by atoms with Crippen molar-refractivity contribution in [1.29, 1.82) is 0 Å². The Balaban J connectivity index is 1.79. The Kier molecular flexibility index (Phi) is 5.43. The predicted octanol–water partition coefficient (Wildman–Crippen LogP) is 2.07. The van der Waals surface area contributed by atoms with Crippen LogP contribution in [0.2, 0.25) is 0 Å². The number of alkyl halides is 1. The van der Waals surface area contributed by atoms with Crippen LogP contribution in [0.3, 0.4) is 0 Å². The van der Waals surface area contributed by atoms with Crippen molar-refractivity contribution < 1.29 is 9.31 Å². The van der Waals surface area contributed by atoms with Crippen LogP contribution in [0.15, 0.2) is 24.3 Å². The standard InChI is InChI=1S/C14H20FN3O2/c15-6-1-7-16-8-10-17(11-9-16)12-13-2-4-14(5-3-13)18(19)20/h2-5H,1,6-12H2. The third-order valence-corrected chi connectivity index (χ3v) is 3.63. The summed E-state index contributed by atoms with van der Waals surface area (Å²) in [6, 6.07) is 6.72. The topological polar surface area (TPSA) is 49.6 Å². The molecule has 0 spiro atoms. The molecular formula is C14H20FN3O2. The molecule has 1 aliphatic heterocycles. The summed E-state index contributed by atoms with van der Waals surface area (Å²) in [7, 11) is 0. The smallest absolute Gasteiger partial charge is 0.269 e. The fraction of sp³-hybridized carbons (Fsp3) is 0.571. The van der Waals surface area contributed by atoms with Crippen molar-refractivity contribution in [3.8, 4) is 0 Å². The zero-order valence-electron chi connectivity index (χ0n) is 11.5. The summed E-state index contributed by atoms with van der Waals surface area (Å²) in [4.78, 5) is 14.8. The highest BCUT2D eigenvalue weighted by Gasteiger charge is 2.16. The van der Waals surface area contributed by atoms with Gasteiger partial charge >= 0.3 is 0 Å². The van der Waals surface area contributed by atoms with Gasteiger partial charge in [-0.25, -0.2) is 0 Å². The quantitative estimate of drug-likeness (QED) is 0.591. The number of nitro groups is 1. The van der Waals surface area contributed by atoms with Crippen molar-refractivity contribution in [2.24, 2.45) is 0 Å². The maximum Gasteiger partial charge on any atom is 0.269 e. The van der Waals surface area contributed by atoms with Crippen LogP contribution in [-0.4, -0.2) is 54.1 Å². The highest BCUT2D eigenvalue weighted by Crippen LogP contribution is 2.14. The van der Waals surface area contributed by atoms with Gasteiger partial charge in [-0.1, -0.05) is 12.1 Å². The van der Waals surface area contributed by atoms with Crippen LogP contribution in [0.25, 0.3) is 0 Å². The largest absolute Gasteiger partial charge is 0.301 e. The van der Waals surface area contributed by atoms with Crippen LogP contribution in [-0.2, 0) is 6.54 Å². The van der Waals surface area contributed by atoms with Crippen molar-refractivity contribution >= 4 is 5.69 Å². The van der Waals surface area contributed by atoms with Gasteiger partial charge in [-0.2, -0.15) is 0 Å². The first-order chi connectivity index (χ1) is 9.69. The van der Waals surface area contributed by atoms with Gasteiger partial charge in [0.15, 0.2) is 0 Å². The molecular weight excluding hydrogens is 261 g/mol. The fourth-order valence-corrected chi connectivity index (χ4v) is 2.44. The van der Waals surface area contributed by atoms with Crippen LogP contribution in [0.1, 0.15) is 12.0 Å². The highest BCUT2D eigenvalue weighted by molar-refractivity contribution is 5.32. The molecule has 5 nitrogen and oxygen atoms in total. The Morgan fingerprint density at radius 2 is 1.70 bits per heavy atom. The lowest BCUT2D eigenvalue weighted by atomic mass is 10.2. The van der Waals surface area contributed by atoms with Crippen molar-refractivity contribution in [3.05, 3.63) is 39.9 Å². The molecule has 0 atom stereocenters. The molecule has 20 heavy (non-hydrogen) atoms. The maximum absolute atomic E-state index is 12.1. The average molecular weight is 281 g/mol. The van der Waals surface area contributed by atoms with Gasteiger partial charge in [-0.05, 0) is 12.0 Å². The van der Waals surface area contributed by atoms with Crippen molar-refractivity contribution in [2.75, 3.05) is 39.4 Å². The zero-order valence-corrected chi connectivity index (χ0v) is 11.5. The first-order valence-corrected chi connectivity index (χ1v) is 6.93. The molecule has 6 heteroatoms. The molecule has 1 heterocycles. The molecule has 2 rings (SSSR count). The number of non-ortho nitro benzene ring substituents is 1. The Bertz CT molecular complexity index is 431. The Labute approximate surface area is 118 Å². The van der Waals surface area contributed by atoms with Gasteiger partial charge in [-0.15, -0.1) is 0 Å². The molecule has 1 aliphatic rings. The molecule has 1 aromatic carbocycles. The minimum absolute atomic E-state index is 0.129. The number of piperazine rings is 1. The molecule has 0 aliphatic carbocycles. The number of halogens is 1. The monoisotopic (exact) mass is 281 g/mol. The number of benzene rings is 1. The third-order valence-electron chi connectivity index (χ3n) is 3.63. The fourth-order valence-electron chi connectivity index (χ4n) is 2.44. The Morgan fingerprint density at radius 3 is 2.25 bits per heavy atom. The predicted molar refractivity (Wildman–Crippen MR) is 75.4 cm³/mol. The van der Waals surface area contributed by atoms with Crippen molar-refractivity contribution in [1.82, 2.24) is 9.80 Å². The zero-order chi connectivity index (χ0) is 14.4. The van der Waals surface area contributed by atoms with Crippen molar-refractivity contribution in [3.63, 3.8) is 0 Å². The summed E-state index contributed by atoms with van der Waals surface area (Å²) in [6.45, 7) is 5.26. The summed E-state index contributed by atoms with van der Waals surface area (Å²) >= 11 is 0. The highest BCUT2D eigenvalue weighted by atomic mass is 19.1. The molecule has 110 valence electrons. The van der Waals surface area contributed by atoms with E-state index in [9.17, 15) is 14.5 Å². The van der Waals surface area contributed by atoms with Gasteiger partial charge in [0.05, 0.1) is 11.6 Å². The van der Waals surface area contributed by atoms with Gasteiger partial charge in [0, 0.05) is 51.4 Å². The van der Waals surface area contributed by atoms with E-state index in [4.69, 9.17) is 0 Å². The van der Waals surface area contributed by atoms with E-state index in [1.165, 1.54) is 0 Å². The second-order valence-electron chi connectivity index (χ2n) is 5.08. The molecule has 0 saturated carbocycles. The Hall–Kier alpha value is -1.53. The van der Waals surface area contributed by atoms with E-state index >= 15 is 0 Å². The lowest BCUT2D eigenvalue weighted by Gasteiger charge is -2.34. The van der Waals surface area contributed by atoms with Crippen LogP contribution in [0, 0.1) is 10.1 Å². The van der Waals surface area contributed by atoms with Gasteiger partial charge in [0.25, 0.3) is 5.69 Å². The number of nitrogens with zero attached hydrogens (tertiary/aromatic N) is 3. The minimum atomic E-state index is -0.382. The summed E-state index contributed by atoms with van der Waals surface area (Å²) in [5.74, 6) is 0. The SMILES string of the molecule is O=[N+]([O-])c1ccc(CN2CCN(CCCF)CC2)cc1. The summed E-state index contributed by atoms with van der Waals surface area (Å²) in [5.41, 5.74) is 1.22. The van der Waals surface area contributed by atoms with E-state index in [2.05, 4.69) is 9.80 Å². The molecule has 0 bridgehead atoms. The summed E-state index contributed by atoms with van der Waals surface area (Å²) in [5, 5.41) is 10.6. The summed E-state index contributed by atoms with van der Waals surface area (Å²) in [6.07, 6.45) is 0.613. The van der Waals surface area contributed by atoms with Gasteiger partial charge in [-0.3, -0.25) is 19.4 Å². The van der Waals surface area contributed by atoms with Crippen molar-refractivity contribution in [2.45, 2.75) is 13.0 Å². The van der Waals surface area contributed by atoms with E-state index in [0.29, 0.717) is 6.42 Å². The molecule has 1 aromatic rings. The number of hydrogen-bond donors (Lipinski definition) is 0. The third kappa shape index (κ3) is 4.25. The van der Waals surface area contributed by atoms with Crippen LogP contribution in [0.4, 0.5) is 10.1 Å². The molecule has 0 amide bonds. The van der Waals surface area contributed by atoms with E-state index in [-0.39, 0.29) is 17.3 Å². The van der Waals surface area contributed by atoms with Crippen LogP contribution < -0.4 is 0 Å². The average Bonchev–Trinajstić information content (AvgIpc) is 2.47. The molecule has 0 aromatic heterocycles. The minimum Gasteiger partial charge on any atom is -0.301 e. The van der Waals surface area contributed by atoms with Gasteiger partial charge in [0.1, 0.15) is 0 Å². The lowest BCUT2D eigenvalue weighted by Crippen LogP contribution is -2.46. The second kappa shape index (κ2) is 7.31. The first-order valence-electron chi connectivity index (χ1n) is 6.93. The van der Waals surface area contributed by atoms with Gasteiger partial charge in [0.2, 0.25) is 0 Å². The number of rotatable bonds is 6. The van der Waals surface area contributed by atoms with Gasteiger partial charge < -0.3 is 4.90 Å². The van der Waals surface area contributed by atoms with Crippen LogP contribution in [0.5, 0.6) is 0 Å². The van der Waals surface area contributed by atoms with E-state index in [1.54, 1.807) is 12.1 Å². The molecule has 0 N–H and O–H groups in total. The molecule has 0 unspecified atom stereocenters. The molecule has 0 radical (unpaired) electrons. The summed E-state index contributed by atoms with van der Waals surface area (Å²) < 4.78 is 12.1. The number of hydrogen-bond acceptors (Lipinski definition) is 4. The van der Waals surface area contributed by atoms with E-state index in [1.807, 2.05) is 12.1 Å².